The molecule has 2 aromatic rings. The Balaban J connectivity index is 2.35. The lowest BCUT2D eigenvalue weighted by molar-refractivity contribution is 0.399. The van der Waals surface area contributed by atoms with Gasteiger partial charge in [-0.15, -0.1) is 11.3 Å². The quantitative estimate of drug-likeness (QED) is 0.737. The van der Waals surface area contributed by atoms with E-state index in [0.29, 0.717) is 0 Å². The minimum atomic E-state index is 0.822. The highest BCUT2D eigenvalue weighted by molar-refractivity contribution is 7.13. The molecule has 0 radical (unpaired) electrons. The van der Waals surface area contributed by atoms with Crippen molar-refractivity contribution in [2.75, 3.05) is 0 Å². The number of aromatic nitrogens is 2. The first-order chi connectivity index (χ1) is 6.29. The average Bonchev–Trinajstić information content (AvgIpc) is 2.71. The number of aryl methyl sites for hydroxylation is 2. The summed E-state index contributed by atoms with van der Waals surface area (Å²) in [6.45, 7) is 3.97. The molecule has 0 spiro atoms. The number of nitrogens with zero attached hydrogens (tertiary/aromatic N) is 2. The van der Waals surface area contributed by atoms with Crippen LogP contribution < -0.4 is 0 Å². The summed E-state index contributed by atoms with van der Waals surface area (Å²) in [5, 5.41) is 6.90. The fourth-order valence-electron chi connectivity index (χ4n) is 1.05. The third-order valence-electron chi connectivity index (χ3n) is 1.76. The van der Waals surface area contributed by atoms with E-state index in [-0.39, 0.29) is 0 Å². The van der Waals surface area contributed by atoms with Crippen LogP contribution in [0.25, 0.3) is 10.7 Å². The van der Waals surface area contributed by atoms with E-state index in [4.69, 9.17) is 4.52 Å². The number of thiazole rings is 1. The van der Waals surface area contributed by atoms with E-state index < -0.39 is 0 Å². The monoisotopic (exact) mass is 194 g/mol. The van der Waals surface area contributed by atoms with Crippen LogP contribution in [0, 0.1) is 6.92 Å². The third-order valence-corrected chi connectivity index (χ3v) is 2.67. The van der Waals surface area contributed by atoms with Gasteiger partial charge >= 0.3 is 0 Å². The summed E-state index contributed by atoms with van der Waals surface area (Å²) in [7, 11) is 0. The molecule has 0 atom stereocenters. The fraction of sp³-hybridized carbons (Fsp3) is 0.333. The highest BCUT2D eigenvalue weighted by Crippen LogP contribution is 2.23. The molecule has 0 aromatic carbocycles. The highest BCUT2D eigenvalue weighted by Gasteiger charge is 2.07. The van der Waals surface area contributed by atoms with Crippen LogP contribution in [0.2, 0.25) is 0 Å². The van der Waals surface area contributed by atoms with Crippen molar-refractivity contribution in [2.45, 2.75) is 20.3 Å². The minimum Gasteiger partial charge on any atom is -0.361 e. The highest BCUT2D eigenvalue weighted by atomic mass is 32.1. The Bertz CT molecular complexity index is 405. The molecule has 68 valence electrons. The molecular weight excluding hydrogens is 184 g/mol. The van der Waals surface area contributed by atoms with Gasteiger partial charge in [0, 0.05) is 11.4 Å². The van der Waals surface area contributed by atoms with Gasteiger partial charge < -0.3 is 4.52 Å². The smallest absolute Gasteiger partial charge is 0.145 e. The molecule has 0 N–H and O–H groups in total. The predicted molar refractivity (Wildman–Crippen MR) is 51.7 cm³/mol. The van der Waals surface area contributed by atoms with Crippen LogP contribution in [-0.4, -0.2) is 10.1 Å². The third kappa shape index (κ3) is 1.62. The van der Waals surface area contributed by atoms with Crippen molar-refractivity contribution in [3.05, 3.63) is 22.9 Å². The van der Waals surface area contributed by atoms with Crippen LogP contribution in [0.3, 0.4) is 0 Å². The molecule has 3 nitrogen and oxygen atoms in total. The first-order valence-electron chi connectivity index (χ1n) is 4.17. The molecule has 4 heteroatoms. The average molecular weight is 194 g/mol. The fourth-order valence-corrected chi connectivity index (χ4v) is 1.91. The molecular formula is C9H10N2OS. The van der Waals surface area contributed by atoms with Gasteiger partial charge in [0.2, 0.25) is 0 Å². The van der Waals surface area contributed by atoms with Crippen LogP contribution in [0.4, 0.5) is 0 Å². The van der Waals surface area contributed by atoms with Crippen LogP contribution in [-0.2, 0) is 6.42 Å². The Morgan fingerprint density at radius 1 is 1.54 bits per heavy atom. The molecule has 0 aliphatic rings. The van der Waals surface area contributed by atoms with Crippen LogP contribution in [0.1, 0.15) is 18.4 Å². The van der Waals surface area contributed by atoms with Gasteiger partial charge in [0.1, 0.15) is 16.5 Å². The van der Waals surface area contributed by atoms with E-state index in [2.05, 4.69) is 22.4 Å². The summed E-state index contributed by atoms with van der Waals surface area (Å²) in [5.41, 5.74) is 1.95. The molecule has 0 amide bonds. The second-order valence-electron chi connectivity index (χ2n) is 2.82. The summed E-state index contributed by atoms with van der Waals surface area (Å²) in [4.78, 5) is 4.41. The zero-order valence-electron chi connectivity index (χ0n) is 7.57. The molecule has 0 saturated carbocycles. The molecule has 0 aliphatic carbocycles. The van der Waals surface area contributed by atoms with Gasteiger partial charge in [0.15, 0.2) is 0 Å². The normalized spacial score (nSPS) is 10.6. The van der Waals surface area contributed by atoms with E-state index in [0.717, 1.165) is 28.6 Å². The van der Waals surface area contributed by atoms with E-state index in [1.54, 1.807) is 11.3 Å². The lowest BCUT2D eigenvalue weighted by atomic mass is 10.3. The zero-order chi connectivity index (χ0) is 9.26. The molecule has 0 fully saturated rings. The number of hydrogen-bond acceptors (Lipinski definition) is 4. The van der Waals surface area contributed by atoms with Crippen molar-refractivity contribution in [3.63, 3.8) is 0 Å². The molecule has 2 rings (SSSR count). The van der Waals surface area contributed by atoms with E-state index >= 15 is 0 Å². The Hall–Kier alpha value is -1.16. The van der Waals surface area contributed by atoms with Crippen molar-refractivity contribution in [2.24, 2.45) is 0 Å². The van der Waals surface area contributed by atoms with Crippen molar-refractivity contribution in [3.8, 4) is 10.7 Å². The molecule has 13 heavy (non-hydrogen) atoms. The molecule has 0 bridgehead atoms. The van der Waals surface area contributed by atoms with E-state index in [1.807, 2.05) is 13.0 Å². The van der Waals surface area contributed by atoms with Crippen LogP contribution >= 0.6 is 11.3 Å². The summed E-state index contributed by atoms with van der Waals surface area (Å²) in [6.07, 6.45) is 0.966. The topological polar surface area (TPSA) is 38.9 Å². The van der Waals surface area contributed by atoms with Gasteiger partial charge in [-0.05, 0) is 13.3 Å². The Labute approximate surface area is 80.4 Å². The molecule has 0 unspecified atom stereocenters. The lowest BCUT2D eigenvalue weighted by Gasteiger charge is -1.84. The largest absolute Gasteiger partial charge is 0.361 e. The molecule has 0 aliphatic heterocycles. The number of rotatable bonds is 2. The first kappa shape index (κ1) is 8.44. The van der Waals surface area contributed by atoms with E-state index in [1.165, 1.54) is 0 Å². The summed E-state index contributed by atoms with van der Waals surface area (Å²) < 4.78 is 4.98. The maximum absolute atomic E-state index is 4.98. The Morgan fingerprint density at radius 2 is 2.38 bits per heavy atom. The minimum absolute atomic E-state index is 0.822. The van der Waals surface area contributed by atoms with Crippen LogP contribution in [0.15, 0.2) is 16.0 Å². The van der Waals surface area contributed by atoms with Crippen molar-refractivity contribution in [1.29, 1.82) is 0 Å². The van der Waals surface area contributed by atoms with Crippen molar-refractivity contribution >= 4 is 11.3 Å². The van der Waals surface area contributed by atoms with Gasteiger partial charge in [0.05, 0.1) is 5.69 Å². The maximum atomic E-state index is 4.98. The predicted octanol–water partition coefficient (Wildman–Crippen LogP) is 2.67. The van der Waals surface area contributed by atoms with Gasteiger partial charge in [-0.3, -0.25) is 0 Å². The van der Waals surface area contributed by atoms with Crippen molar-refractivity contribution in [1.82, 2.24) is 10.1 Å². The Morgan fingerprint density at radius 3 is 2.92 bits per heavy atom. The van der Waals surface area contributed by atoms with Gasteiger partial charge in [-0.1, -0.05) is 12.1 Å². The van der Waals surface area contributed by atoms with Crippen LogP contribution in [0.5, 0.6) is 0 Å². The lowest BCUT2D eigenvalue weighted by Crippen LogP contribution is -1.79. The van der Waals surface area contributed by atoms with Gasteiger partial charge in [0.25, 0.3) is 0 Å². The SMILES string of the molecule is CCc1csc(-c2cc(C)on2)n1. The van der Waals surface area contributed by atoms with Gasteiger partial charge in [-0.25, -0.2) is 4.98 Å². The first-order valence-corrected chi connectivity index (χ1v) is 5.05. The second kappa shape index (κ2) is 3.30. The van der Waals surface area contributed by atoms with Crippen molar-refractivity contribution < 1.29 is 4.52 Å². The summed E-state index contributed by atoms with van der Waals surface area (Å²) in [6, 6.07) is 1.90. The standard InChI is InChI=1S/C9H10N2OS/c1-3-7-5-13-9(10-7)8-4-6(2)12-11-8/h4-5H,3H2,1-2H3. The Kier molecular flexibility index (Phi) is 2.14. The number of hydrogen-bond donors (Lipinski definition) is 0. The summed E-state index contributed by atoms with van der Waals surface area (Å²) in [5.74, 6) is 0.822. The summed E-state index contributed by atoms with van der Waals surface area (Å²) >= 11 is 1.61. The van der Waals surface area contributed by atoms with Gasteiger partial charge in [-0.2, -0.15) is 0 Å². The molecule has 2 aromatic heterocycles. The molecule has 0 saturated heterocycles. The maximum Gasteiger partial charge on any atom is 0.145 e. The molecule has 2 heterocycles. The second-order valence-corrected chi connectivity index (χ2v) is 3.68. The zero-order valence-corrected chi connectivity index (χ0v) is 8.39. The van der Waals surface area contributed by atoms with E-state index in [9.17, 15) is 0 Å².